The lowest BCUT2D eigenvalue weighted by molar-refractivity contribution is -0.132. The van der Waals surface area contributed by atoms with Crippen molar-refractivity contribution in [3.05, 3.63) is 71.8 Å². The number of benzene rings is 2. The van der Waals surface area contributed by atoms with Gasteiger partial charge in [-0.3, -0.25) is 4.79 Å². The SMILES string of the molecule is O=C(NC(C(=O)N1CC[C@H](O)C1)c1ccccc1)OCc1ccccc1. The van der Waals surface area contributed by atoms with Crippen molar-refractivity contribution < 1.29 is 19.4 Å². The van der Waals surface area contributed by atoms with Crippen LogP contribution in [0.1, 0.15) is 23.6 Å². The van der Waals surface area contributed by atoms with E-state index in [-0.39, 0.29) is 19.1 Å². The van der Waals surface area contributed by atoms with Crippen LogP contribution in [0, 0.1) is 0 Å². The summed E-state index contributed by atoms with van der Waals surface area (Å²) in [6, 6.07) is 17.5. The average Bonchev–Trinajstić information content (AvgIpc) is 3.12. The summed E-state index contributed by atoms with van der Waals surface area (Å²) < 4.78 is 5.24. The minimum absolute atomic E-state index is 0.130. The summed E-state index contributed by atoms with van der Waals surface area (Å²) in [7, 11) is 0. The van der Waals surface area contributed by atoms with Gasteiger partial charge < -0.3 is 20.1 Å². The monoisotopic (exact) mass is 354 g/mol. The molecule has 136 valence electrons. The molecule has 0 bridgehead atoms. The molecule has 2 atom stereocenters. The Morgan fingerprint density at radius 3 is 2.38 bits per heavy atom. The molecule has 1 aliphatic heterocycles. The number of likely N-dealkylation sites (tertiary alicyclic amines) is 1. The van der Waals surface area contributed by atoms with Gasteiger partial charge in [-0.05, 0) is 17.5 Å². The van der Waals surface area contributed by atoms with E-state index in [4.69, 9.17) is 4.74 Å². The minimum Gasteiger partial charge on any atom is -0.445 e. The highest BCUT2D eigenvalue weighted by atomic mass is 16.5. The van der Waals surface area contributed by atoms with Gasteiger partial charge in [0.05, 0.1) is 6.10 Å². The number of hydrogen-bond acceptors (Lipinski definition) is 4. The van der Waals surface area contributed by atoms with Crippen molar-refractivity contribution in [2.45, 2.75) is 25.2 Å². The first kappa shape index (κ1) is 17.9. The number of β-amino-alcohol motifs (C(OH)–C–C–N with tert-alkyl or cyclic N) is 1. The van der Waals surface area contributed by atoms with E-state index in [0.29, 0.717) is 18.5 Å². The molecule has 0 aromatic heterocycles. The lowest BCUT2D eigenvalue weighted by Gasteiger charge is -2.24. The largest absolute Gasteiger partial charge is 0.445 e. The number of aliphatic hydroxyl groups is 1. The van der Waals surface area contributed by atoms with Gasteiger partial charge in [0.25, 0.3) is 0 Å². The second-order valence-corrected chi connectivity index (χ2v) is 6.28. The number of alkyl carbamates (subject to hydrolysis) is 1. The molecule has 0 aliphatic carbocycles. The average molecular weight is 354 g/mol. The maximum absolute atomic E-state index is 12.8. The molecule has 26 heavy (non-hydrogen) atoms. The van der Waals surface area contributed by atoms with E-state index < -0.39 is 18.2 Å². The number of carbonyl (C=O) groups is 2. The standard InChI is InChI=1S/C20H22N2O4/c23-17-11-12-22(13-17)19(24)18(16-9-5-2-6-10-16)21-20(25)26-14-15-7-3-1-4-8-15/h1-10,17-18,23H,11-14H2,(H,21,25)/t17-,18?/m0/s1. The van der Waals surface area contributed by atoms with Crippen molar-refractivity contribution in [1.82, 2.24) is 10.2 Å². The Morgan fingerprint density at radius 2 is 1.77 bits per heavy atom. The Labute approximate surface area is 152 Å². The summed E-state index contributed by atoms with van der Waals surface area (Å²) in [6.07, 6.45) is -0.623. The molecule has 1 aliphatic rings. The molecule has 1 saturated heterocycles. The van der Waals surface area contributed by atoms with Crippen LogP contribution in [-0.4, -0.2) is 41.2 Å². The molecular weight excluding hydrogens is 332 g/mol. The van der Waals surface area contributed by atoms with E-state index >= 15 is 0 Å². The highest BCUT2D eigenvalue weighted by molar-refractivity contribution is 5.87. The Hall–Kier alpha value is -2.86. The molecule has 6 heteroatoms. The summed E-state index contributed by atoms with van der Waals surface area (Å²) in [5, 5.41) is 12.3. The molecule has 2 aromatic carbocycles. The van der Waals surface area contributed by atoms with Crippen LogP contribution < -0.4 is 5.32 Å². The van der Waals surface area contributed by atoms with E-state index in [2.05, 4.69) is 5.32 Å². The molecule has 6 nitrogen and oxygen atoms in total. The third kappa shape index (κ3) is 4.61. The molecular formula is C20H22N2O4. The van der Waals surface area contributed by atoms with E-state index in [1.807, 2.05) is 48.5 Å². The van der Waals surface area contributed by atoms with Gasteiger partial charge in [-0.2, -0.15) is 0 Å². The van der Waals surface area contributed by atoms with Crippen LogP contribution in [0.5, 0.6) is 0 Å². The lowest BCUT2D eigenvalue weighted by atomic mass is 10.1. The number of aliphatic hydroxyl groups excluding tert-OH is 1. The van der Waals surface area contributed by atoms with Crippen LogP contribution in [0.4, 0.5) is 4.79 Å². The van der Waals surface area contributed by atoms with Gasteiger partial charge in [0, 0.05) is 13.1 Å². The van der Waals surface area contributed by atoms with Crippen molar-refractivity contribution in [1.29, 1.82) is 0 Å². The maximum Gasteiger partial charge on any atom is 0.408 e. The first-order valence-corrected chi connectivity index (χ1v) is 8.62. The molecule has 1 unspecified atom stereocenters. The number of ether oxygens (including phenoxy) is 1. The molecule has 0 spiro atoms. The molecule has 1 fully saturated rings. The fourth-order valence-electron chi connectivity index (χ4n) is 2.94. The van der Waals surface area contributed by atoms with E-state index in [1.54, 1.807) is 17.0 Å². The Morgan fingerprint density at radius 1 is 1.12 bits per heavy atom. The number of nitrogens with one attached hydrogen (secondary N) is 1. The van der Waals surface area contributed by atoms with Gasteiger partial charge in [-0.25, -0.2) is 4.79 Å². The van der Waals surface area contributed by atoms with Crippen LogP contribution in [0.3, 0.4) is 0 Å². The number of rotatable bonds is 5. The number of hydrogen-bond donors (Lipinski definition) is 2. The van der Waals surface area contributed by atoms with Crippen LogP contribution in [0.25, 0.3) is 0 Å². The third-order valence-corrected chi connectivity index (χ3v) is 4.33. The molecule has 1 heterocycles. The minimum atomic E-state index is -0.843. The van der Waals surface area contributed by atoms with Crippen LogP contribution in [-0.2, 0) is 16.1 Å². The summed E-state index contributed by atoms with van der Waals surface area (Å²) in [5.41, 5.74) is 1.54. The van der Waals surface area contributed by atoms with Gasteiger partial charge in [0.15, 0.2) is 0 Å². The summed E-state index contributed by atoms with van der Waals surface area (Å²) in [5.74, 6) is -0.246. The van der Waals surface area contributed by atoms with Crippen LogP contribution >= 0.6 is 0 Å². The van der Waals surface area contributed by atoms with Gasteiger partial charge >= 0.3 is 6.09 Å². The maximum atomic E-state index is 12.8. The van der Waals surface area contributed by atoms with E-state index in [9.17, 15) is 14.7 Å². The predicted molar refractivity (Wildman–Crippen MR) is 96.1 cm³/mol. The molecule has 3 rings (SSSR count). The predicted octanol–water partition coefficient (Wildman–Crippen LogP) is 2.25. The highest BCUT2D eigenvalue weighted by Gasteiger charge is 2.32. The zero-order valence-corrected chi connectivity index (χ0v) is 14.4. The van der Waals surface area contributed by atoms with Gasteiger partial charge in [0.1, 0.15) is 12.6 Å². The van der Waals surface area contributed by atoms with Crippen molar-refractivity contribution in [3.8, 4) is 0 Å². The molecule has 0 saturated carbocycles. The molecule has 2 aromatic rings. The van der Waals surface area contributed by atoms with Crippen LogP contribution in [0.15, 0.2) is 60.7 Å². The van der Waals surface area contributed by atoms with Crippen molar-refractivity contribution >= 4 is 12.0 Å². The first-order chi connectivity index (χ1) is 12.6. The third-order valence-electron chi connectivity index (χ3n) is 4.33. The topological polar surface area (TPSA) is 78.9 Å². The summed E-state index contributed by atoms with van der Waals surface area (Å²) in [6.45, 7) is 0.887. The van der Waals surface area contributed by atoms with Crippen molar-refractivity contribution in [2.24, 2.45) is 0 Å². The summed E-state index contributed by atoms with van der Waals surface area (Å²) >= 11 is 0. The molecule has 0 radical (unpaired) electrons. The fourth-order valence-corrected chi connectivity index (χ4v) is 2.94. The number of amides is 2. The number of carbonyl (C=O) groups excluding carboxylic acids is 2. The highest BCUT2D eigenvalue weighted by Crippen LogP contribution is 2.20. The van der Waals surface area contributed by atoms with Gasteiger partial charge in [0.2, 0.25) is 5.91 Å². The molecule has 2 amide bonds. The zero-order valence-electron chi connectivity index (χ0n) is 14.4. The van der Waals surface area contributed by atoms with E-state index in [0.717, 1.165) is 5.56 Å². The molecule has 2 N–H and O–H groups in total. The summed E-state index contributed by atoms with van der Waals surface area (Å²) in [4.78, 5) is 26.6. The van der Waals surface area contributed by atoms with Crippen molar-refractivity contribution in [2.75, 3.05) is 13.1 Å². The normalized spacial score (nSPS) is 17.6. The quantitative estimate of drug-likeness (QED) is 0.863. The second kappa shape index (κ2) is 8.49. The first-order valence-electron chi connectivity index (χ1n) is 8.62. The second-order valence-electron chi connectivity index (χ2n) is 6.28. The fraction of sp³-hybridized carbons (Fsp3) is 0.300. The van der Waals surface area contributed by atoms with Crippen molar-refractivity contribution in [3.63, 3.8) is 0 Å². The Bertz CT molecular complexity index is 736. The Balaban J connectivity index is 1.67. The lowest BCUT2D eigenvalue weighted by Crippen LogP contribution is -2.42. The van der Waals surface area contributed by atoms with Gasteiger partial charge in [-0.1, -0.05) is 60.7 Å². The zero-order chi connectivity index (χ0) is 18.4. The number of nitrogens with zero attached hydrogens (tertiary/aromatic N) is 1. The van der Waals surface area contributed by atoms with E-state index in [1.165, 1.54) is 0 Å². The Kier molecular flexibility index (Phi) is 5.86. The van der Waals surface area contributed by atoms with Gasteiger partial charge in [-0.15, -0.1) is 0 Å². The van der Waals surface area contributed by atoms with Crippen LogP contribution in [0.2, 0.25) is 0 Å². The smallest absolute Gasteiger partial charge is 0.408 e.